The number of nitrogens with one attached hydrogen (secondary N) is 1. The zero-order valence-electron chi connectivity index (χ0n) is 14.8. The number of fused-ring (bicyclic) bond motifs is 1. The first-order valence-electron chi connectivity index (χ1n) is 8.38. The number of hydrogen-bond donors (Lipinski definition) is 1. The van der Waals surface area contributed by atoms with Crippen molar-refractivity contribution >= 4 is 34.4 Å². The summed E-state index contributed by atoms with van der Waals surface area (Å²) < 4.78 is 14.6. The molecule has 1 N–H and O–H groups in total. The van der Waals surface area contributed by atoms with Crippen molar-refractivity contribution in [3.8, 4) is 17.0 Å². The van der Waals surface area contributed by atoms with Crippen LogP contribution in [0.15, 0.2) is 59.4 Å². The van der Waals surface area contributed by atoms with Gasteiger partial charge in [0.2, 0.25) is 5.91 Å². The first-order valence-corrected chi connectivity index (χ1v) is 9.11. The molecule has 0 saturated heterocycles. The number of methoxy groups -OCH3 is 1. The topological polar surface area (TPSA) is 99.0 Å². The third-order valence-electron chi connectivity index (χ3n) is 4.11. The van der Waals surface area contributed by atoms with Crippen LogP contribution in [0.2, 0.25) is 0 Å². The van der Waals surface area contributed by atoms with Gasteiger partial charge in [-0.3, -0.25) is 9.59 Å². The van der Waals surface area contributed by atoms with E-state index in [4.69, 9.17) is 4.74 Å². The van der Waals surface area contributed by atoms with Gasteiger partial charge in [-0.05, 0) is 42.5 Å². The number of anilines is 1. The second-order valence-electron chi connectivity index (χ2n) is 5.93. The van der Waals surface area contributed by atoms with E-state index >= 15 is 0 Å². The number of carbonyl (C=O) groups excluding carboxylic acids is 1. The minimum absolute atomic E-state index is 0.212. The van der Waals surface area contributed by atoms with Crippen molar-refractivity contribution in [2.45, 2.75) is 6.54 Å². The van der Waals surface area contributed by atoms with Crippen LogP contribution in [-0.2, 0) is 11.3 Å². The maximum Gasteiger partial charge on any atom is 0.267 e. The van der Waals surface area contributed by atoms with E-state index in [2.05, 4.69) is 19.2 Å². The maximum atomic E-state index is 12.5. The molecule has 4 rings (SSSR count). The Morgan fingerprint density at radius 2 is 1.93 bits per heavy atom. The van der Waals surface area contributed by atoms with Gasteiger partial charge in [0, 0.05) is 11.6 Å². The van der Waals surface area contributed by atoms with E-state index < -0.39 is 0 Å². The van der Waals surface area contributed by atoms with Crippen molar-refractivity contribution in [2.24, 2.45) is 0 Å². The molecule has 0 fully saturated rings. The average molecular weight is 393 g/mol. The fourth-order valence-corrected chi connectivity index (χ4v) is 3.26. The predicted molar refractivity (Wildman–Crippen MR) is 107 cm³/mol. The van der Waals surface area contributed by atoms with Crippen LogP contribution in [0.1, 0.15) is 0 Å². The number of hydrogen-bond acceptors (Lipinski definition) is 7. The number of amides is 1. The van der Waals surface area contributed by atoms with Crippen molar-refractivity contribution < 1.29 is 9.53 Å². The van der Waals surface area contributed by atoms with Gasteiger partial charge >= 0.3 is 0 Å². The summed E-state index contributed by atoms with van der Waals surface area (Å²) in [6.45, 7) is -0.212. The summed E-state index contributed by atoms with van der Waals surface area (Å²) >= 11 is 1.07. The Kier molecular flexibility index (Phi) is 4.81. The van der Waals surface area contributed by atoms with E-state index in [1.54, 1.807) is 25.3 Å². The van der Waals surface area contributed by atoms with Gasteiger partial charge in [-0.2, -0.15) is 13.8 Å². The minimum Gasteiger partial charge on any atom is -0.497 e. The molecule has 0 spiro atoms. The fraction of sp³-hybridized carbons (Fsp3) is 0.105. The van der Waals surface area contributed by atoms with Gasteiger partial charge in [-0.25, -0.2) is 4.68 Å². The van der Waals surface area contributed by atoms with Crippen LogP contribution in [0.5, 0.6) is 5.75 Å². The SMILES string of the molecule is COc1ccc(-c2ccc(=O)n(CC(=O)Nc3cccc4nsnc34)n2)cc1. The lowest BCUT2D eigenvalue weighted by molar-refractivity contribution is -0.117. The van der Waals surface area contributed by atoms with Crippen LogP contribution in [0.4, 0.5) is 5.69 Å². The molecule has 0 unspecified atom stereocenters. The van der Waals surface area contributed by atoms with Crippen LogP contribution in [0.25, 0.3) is 22.3 Å². The standard InChI is InChI=1S/C19H15N5O3S/c1-27-13-7-5-12(6-8-13)14-9-10-18(26)24(21-14)11-17(25)20-15-3-2-4-16-19(15)23-28-22-16/h2-10H,11H2,1H3,(H,20,25). The molecular formula is C19H15N5O3S. The Bertz CT molecular complexity index is 1200. The maximum absolute atomic E-state index is 12.5. The van der Waals surface area contributed by atoms with Gasteiger partial charge in [0.15, 0.2) is 0 Å². The molecule has 9 heteroatoms. The number of nitrogens with zero attached hydrogens (tertiary/aromatic N) is 4. The normalized spacial score (nSPS) is 10.8. The first-order chi connectivity index (χ1) is 13.6. The number of benzene rings is 2. The van der Waals surface area contributed by atoms with Gasteiger partial charge in [-0.1, -0.05) is 6.07 Å². The fourth-order valence-electron chi connectivity index (χ4n) is 2.71. The van der Waals surface area contributed by atoms with E-state index in [0.29, 0.717) is 22.4 Å². The smallest absolute Gasteiger partial charge is 0.267 e. The Balaban J connectivity index is 1.56. The van der Waals surface area contributed by atoms with E-state index in [9.17, 15) is 9.59 Å². The minimum atomic E-state index is -0.373. The molecule has 1 amide bonds. The molecule has 2 heterocycles. The average Bonchev–Trinajstić information content (AvgIpc) is 3.20. The lowest BCUT2D eigenvalue weighted by Gasteiger charge is -2.09. The second-order valence-corrected chi connectivity index (χ2v) is 6.46. The Morgan fingerprint density at radius 1 is 1.11 bits per heavy atom. The van der Waals surface area contributed by atoms with Gasteiger partial charge in [0.25, 0.3) is 5.56 Å². The zero-order valence-corrected chi connectivity index (χ0v) is 15.6. The highest BCUT2D eigenvalue weighted by Crippen LogP contribution is 2.21. The highest BCUT2D eigenvalue weighted by Gasteiger charge is 2.11. The summed E-state index contributed by atoms with van der Waals surface area (Å²) in [6, 6.07) is 15.7. The molecule has 4 aromatic rings. The van der Waals surface area contributed by atoms with E-state index in [0.717, 1.165) is 27.7 Å². The van der Waals surface area contributed by atoms with Gasteiger partial charge in [-0.15, -0.1) is 0 Å². The Hall–Kier alpha value is -3.59. The summed E-state index contributed by atoms with van der Waals surface area (Å²) in [5.74, 6) is 0.351. The van der Waals surface area contributed by atoms with Crippen LogP contribution in [0, 0.1) is 0 Å². The van der Waals surface area contributed by atoms with Crippen LogP contribution in [-0.4, -0.2) is 31.5 Å². The predicted octanol–water partition coefficient (Wildman–Crippen LogP) is 2.56. The number of rotatable bonds is 5. The number of ether oxygens (including phenoxy) is 1. The third-order valence-corrected chi connectivity index (χ3v) is 4.65. The molecule has 0 atom stereocenters. The molecule has 28 heavy (non-hydrogen) atoms. The van der Waals surface area contributed by atoms with Crippen molar-refractivity contribution in [1.29, 1.82) is 0 Å². The summed E-state index contributed by atoms with van der Waals surface area (Å²) in [5, 5.41) is 7.08. The highest BCUT2D eigenvalue weighted by molar-refractivity contribution is 7.00. The van der Waals surface area contributed by atoms with E-state index in [-0.39, 0.29) is 18.0 Å². The monoisotopic (exact) mass is 393 g/mol. The van der Waals surface area contributed by atoms with E-state index in [1.165, 1.54) is 6.07 Å². The molecule has 2 aromatic carbocycles. The van der Waals surface area contributed by atoms with Crippen molar-refractivity contribution in [2.75, 3.05) is 12.4 Å². The lowest BCUT2D eigenvalue weighted by atomic mass is 10.1. The summed E-state index contributed by atoms with van der Waals surface area (Å²) in [5.41, 5.74) is 2.92. The number of aromatic nitrogens is 4. The Morgan fingerprint density at radius 3 is 2.71 bits per heavy atom. The molecule has 140 valence electrons. The summed E-state index contributed by atoms with van der Waals surface area (Å²) in [4.78, 5) is 24.6. The quantitative estimate of drug-likeness (QED) is 0.559. The Labute approximate surface area is 163 Å². The van der Waals surface area contributed by atoms with Gasteiger partial charge in [0.1, 0.15) is 23.3 Å². The summed E-state index contributed by atoms with van der Waals surface area (Å²) in [7, 11) is 1.59. The molecule has 8 nitrogen and oxygen atoms in total. The van der Waals surface area contributed by atoms with Crippen LogP contribution < -0.4 is 15.6 Å². The van der Waals surface area contributed by atoms with E-state index in [1.807, 2.05) is 30.3 Å². The largest absolute Gasteiger partial charge is 0.497 e. The molecule has 2 aromatic heterocycles. The van der Waals surface area contributed by atoms with Crippen LogP contribution in [0.3, 0.4) is 0 Å². The highest BCUT2D eigenvalue weighted by atomic mass is 32.1. The first kappa shape index (κ1) is 17.8. The second kappa shape index (κ2) is 7.57. The van der Waals surface area contributed by atoms with Crippen molar-refractivity contribution in [3.05, 3.63) is 65.0 Å². The van der Waals surface area contributed by atoms with Crippen molar-refractivity contribution in [1.82, 2.24) is 18.5 Å². The van der Waals surface area contributed by atoms with Gasteiger partial charge < -0.3 is 10.1 Å². The van der Waals surface area contributed by atoms with Crippen molar-refractivity contribution in [3.63, 3.8) is 0 Å². The summed E-state index contributed by atoms with van der Waals surface area (Å²) in [6.07, 6.45) is 0. The molecule has 0 radical (unpaired) electrons. The zero-order chi connectivity index (χ0) is 19.5. The molecule has 0 aliphatic carbocycles. The molecule has 0 saturated carbocycles. The van der Waals surface area contributed by atoms with Gasteiger partial charge in [0.05, 0.1) is 30.2 Å². The number of carbonyl (C=O) groups is 1. The molecule has 0 aliphatic rings. The molecular weight excluding hydrogens is 378 g/mol. The van der Waals surface area contributed by atoms with Crippen LogP contribution >= 0.6 is 11.7 Å². The third kappa shape index (κ3) is 3.60. The lowest BCUT2D eigenvalue weighted by Crippen LogP contribution is -2.29. The molecule has 0 bridgehead atoms. The molecule has 0 aliphatic heterocycles.